The summed E-state index contributed by atoms with van der Waals surface area (Å²) >= 11 is 0. The maximum atomic E-state index is 5.40. The van der Waals surface area contributed by atoms with E-state index in [1.54, 1.807) is 0 Å². The summed E-state index contributed by atoms with van der Waals surface area (Å²) in [6.45, 7) is 5.59. The molecule has 2 unspecified atom stereocenters. The summed E-state index contributed by atoms with van der Waals surface area (Å²) < 4.78 is 5.40. The van der Waals surface area contributed by atoms with Crippen LogP contribution >= 0.6 is 0 Å². The maximum absolute atomic E-state index is 5.40. The van der Waals surface area contributed by atoms with Crippen LogP contribution in [-0.2, 0) is 4.74 Å². The Morgan fingerprint density at radius 2 is 2.36 bits per heavy atom. The largest absolute Gasteiger partial charge is 0.380 e. The third kappa shape index (κ3) is 2.69. The van der Waals surface area contributed by atoms with Crippen LogP contribution in [0.15, 0.2) is 0 Å². The average Bonchev–Trinajstić information content (AvgIpc) is 2.87. The van der Waals surface area contributed by atoms with Gasteiger partial charge in [-0.15, -0.1) is 0 Å². The fraction of sp³-hybridized carbons (Fsp3) is 1.00. The predicted molar refractivity (Wildman–Crippen MR) is 57.4 cm³/mol. The zero-order valence-electron chi connectivity index (χ0n) is 9.17. The minimum absolute atomic E-state index is 0.685. The Kier molecular flexibility index (Phi) is 3.79. The van der Waals surface area contributed by atoms with Gasteiger partial charge >= 0.3 is 0 Å². The third-order valence-corrected chi connectivity index (χ3v) is 3.58. The molecule has 2 saturated heterocycles. The SMILES string of the molecule is CN(CCC1CCNC1)C1CCOC1. The van der Waals surface area contributed by atoms with Gasteiger partial charge in [-0.05, 0) is 51.9 Å². The van der Waals surface area contributed by atoms with E-state index in [0.717, 1.165) is 19.1 Å². The molecule has 2 fully saturated rings. The highest BCUT2D eigenvalue weighted by Crippen LogP contribution is 2.15. The lowest BCUT2D eigenvalue weighted by atomic mass is 10.0. The van der Waals surface area contributed by atoms with Crippen molar-refractivity contribution in [3.8, 4) is 0 Å². The van der Waals surface area contributed by atoms with Gasteiger partial charge in [0.25, 0.3) is 0 Å². The van der Waals surface area contributed by atoms with E-state index in [0.29, 0.717) is 6.04 Å². The van der Waals surface area contributed by atoms with Crippen molar-refractivity contribution in [2.24, 2.45) is 5.92 Å². The van der Waals surface area contributed by atoms with Crippen molar-refractivity contribution < 1.29 is 4.74 Å². The van der Waals surface area contributed by atoms with Crippen LogP contribution in [0.4, 0.5) is 0 Å². The first kappa shape index (κ1) is 10.4. The maximum Gasteiger partial charge on any atom is 0.0622 e. The van der Waals surface area contributed by atoms with Crippen LogP contribution in [0, 0.1) is 5.92 Å². The van der Waals surface area contributed by atoms with E-state index in [2.05, 4.69) is 17.3 Å². The Morgan fingerprint density at radius 3 is 3.00 bits per heavy atom. The van der Waals surface area contributed by atoms with Crippen molar-refractivity contribution in [1.29, 1.82) is 0 Å². The summed E-state index contributed by atoms with van der Waals surface area (Å²) in [5, 5.41) is 3.42. The minimum Gasteiger partial charge on any atom is -0.380 e. The van der Waals surface area contributed by atoms with E-state index >= 15 is 0 Å². The summed E-state index contributed by atoms with van der Waals surface area (Å²) in [4.78, 5) is 2.48. The molecule has 2 aliphatic rings. The molecule has 3 nitrogen and oxygen atoms in total. The summed E-state index contributed by atoms with van der Waals surface area (Å²) in [7, 11) is 2.24. The van der Waals surface area contributed by atoms with Crippen molar-refractivity contribution in [3.05, 3.63) is 0 Å². The van der Waals surface area contributed by atoms with E-state index in [1.807, 2.05) is 0 Å². The van der Waals surface area contributed by atoms with Gasteiger partial charge in [0.1, 0.15) is 0 Å². The van der Waals surface area contributed by atoms with Crippen LogP contribution in [0.3, 0.4) is 0 Å². The molecule has 0 spiro atoms. The third-order valence-electron chi connectivity index (χ3n) is 3.58. The average molecular weight is 198 g/mol. The van der Waals surface area contributed by atoms with Gasteiger partial charge in [0.15, 0.2) is 0 Å². The van der Waals surface area contributed by atoms with Crippen LogP contribution in [-0.4, -0.2) is 50.8 Å². The lowest BCUT2D eigenvalue weighted by Gasteiger charge is -2.23. The Morgan fingerprint density at radius 1 is 1.43 bits per heavy atom. The predicted octanol–water partition coefficient (Wildman–Crippen LogP) is 0.707. The van der Waals surface area contributed by atoms with Gasteiger partial charge in [-0.25, -0.2) is 0 Å². The molecule has 0 aromatic carbocycles. The number of rotatable bonds is 4. The van der Waals surface area contributed by atoms with Gasteiger partial charge < -0.3 is 15.0 Å². The molecule has 14 heavy (non-hydrogen) atoms. The highest BCUT2D eigenvalue weighted by Gasteiger charge is 2.21. The fourth-order valence-corrected chi connectivity index (χ4v) is 2.40. The normalized spacial score (nSPS) is 33.0. The Hall–Kier alpha value is -0.120. The molecule has 2 atom stereocenters. The number of hydrogen-bond acceptors (Lipinski definition) is 3. The minimum atomic E-state index is 0.685. The molecule has 82 valence electrons. The zero-order valence-corrected chi connectivity index (χ0v) is 9.17. The summed E-state index contributed by atoms with van der Waals surface area (Å²) in [6, 6.07) is 0.685. The second-order valence-corrected chi connectivity index (χ2v) is 4.65. The summed E-state index contributed by atoms with van der Waals surface area (Å²) in [6.07, 6.45) is 3.94. The molecule has 0 aromatic heterocycles. The molecule has 2 heterocycles. The molecule has 0 saturated carbocycles. The molecule has 0 aromatic rings. The van der Waals surface area contributed by atoms with Gasteiger partial charge in [0.05, 0.1) is 6.61 Å². The van der Waals surface area contributed by atoms with E-state index in [9.17, 15) is 0 Å². The van der Waals surface area contributed by atoms with E-state index in [4.69, 9.17) is 4.74 Å². The number of likely N-dealkylation sites (N-methyl/N-ethyl adjacent to an activating group) is 1. The topological polar surface area (TPSA) is 24.5 Å². The van der Waals surface area contributed by atoms with Crippen LogP contribution in [0.5, 0.6) is 0 Å². The Labute approximate surface area is 86.8 Å². The molecule has 2 aliphatic heterocycles. The first-order valence-corrected chi connectivity index (χ1v) is 5.85. The molecule has 2 rings (SSSR count). The van der Waals surface area contributed by atoms with Crippen LogP contribution in [0.25, 0.3) is 0 Å². The number of nitrogens with one attached hydrogen (secondary N) is 1. The molecular weight excluding hydrogens is 176 g/mol. The molecule has 1 N–H and O–H groups in total. The van der Waals surface area contributed by atoms with Crippen LogP contribution < -0.4 is 5.32 Å². The lowest BCUT2D eigenvalue weighted by Crippen LogP contribution is -2.33. The molecule has 0 bridgehead atoms. The van der Waals surface area contributed by atoms with Crippen molar-refractivity contribution >= 4 is 0 Å². The molecule has 0 aliphatic carbocycles. The smallest absolute Gasteiger partial charge is 0.0622 e. The Bertz CT molecular complexity index is 163. The highest BCUT2D eigenvalue weighted by atomic mass is 16.5. The summed E-state index contributed by atoms with van der Waals surface area (Å²) in [5.74, 6) is 0.916. The molecule has 0 radical (unpaired) electrons. The van der Waals surface area contributed by atoms with E-state index in [1.165, 1.54) is 38.9 Å². The van der Waals surface area contributed by atoms with Gasteiger partial charge in [0.2, 0.25) is 0 Å². The first-order chi connectivity index (χ1) is 6.86. The number of ether oxygens (including phenoxy) is 1. The quantitative estimate of drug-likeness (QED) is 0.720. The van der Waals surface area contributed by atoms with Crippen molar-refractivity contribution in [1.82, 2.24) is 10.2 Å². The second kappa shape index (κ2) is 5.10. The zero-order chi connectivity index (χ0) is 9.80. The van der Waals surface area contributed by atoms with Gasteiger partial charge in [0, 0.05) is 12.6 Å². The number of hydrogen-bond donors (Lipinski definition) is 1. The van der Waals surface area contributed by atoms with Crippen LogP contribution in [0.2, 0.25) is 0 Å². The van der Waals surface area contributed by atoms with Gasteiger partial charge in [-0.1, -0.05) is 0 Å². The van der Waals surface area contributed by atoms with E-state index < -0.39 is 0 Å². The lowest BCUT2D eigenvalue weighted by molar-refractivity contribution is 0.156. The van der Waals surface area contributed by atoms with Crippen molar-refractivity contribution in [3.63, 3.8) is 0 Å². The summed E-state index contributed by atoms with van der Waals surface area (Å²) in [5.41, 5.74) is 0. The van der Waals surface area contributed by atoms with Gasteiger partial charge in [-0.3, -0.25) is 0 Å². The molecule has 0 amide bonds. The fourth-order valence-electron chi connectivity index (χ4n) is 2.40. The van der Waals surface area contributed by atoms with Crippen molar-refractivity contribution in [2.75, 3.05) is 39.9 Å². The number of nitrogens with zero attached hydrogens (tertiary/aromatic N) is 1. The van der Waals surface area contributed by atoms with E-state index in [-0.39, 0.29) is 0 Å². The van der Waals surface area contributed by atoms with Crippen LogP contribution in [0.1, 0.15) is 19.3 Å². The molecular formula is C11H22N2O. The highest BCUT2D eigenvalue weighted by molar-refractivity contribution is 4.76. The Balaban J connectivity index is 1.63. The van der Waals surface area contributed by atoms with Crippen molar-refractivity contribution in [2.45, 2.75) is 25.3 Å². The second-order valence-electron chi connectivity index (χ2n) is 4.65. The first-order valence-electron chi connectivity index (χ1n) is 5.85. The standard InChI is InChI=1S/C11H22N2O/c1-13(11-4-7-14-9-11)6-3-10-2-5-12-8-10/h10-12H,2-9H2,1H3. The van der Waals surface area contributed by atoms with Gasteiger partial charge in [-0.2, -0.15) is 0 Å². The molecule has 3 heteroatoms. The monoisotopic (exact) mass is 198 g/mol.